The van der Waals surface area contributed by atoms with Gasteiger partial charge in [0.05, 0.1) is 4.90 Å². The molecule has 1 heterocycles. The van der Waals surface area contributed by atoms with Gasteiger partial charge in [-0.25, -0.2) is 8.42 Å². The van der Waals surface area contributed by atoms with Crippen molar-refractivity contribution >= 4 is 15.6 Å². The number of benzene rings is 3. The summed E-state index contributed by atoms with van der Waals surface area (Å²) in [6.07, 6.45) is 3.08. The molecule has 0 radical (unpaired) electrons. The predicted octanol–water partition coefficient (Wildman–Crippen LogP) is 5.87. The quantitative estimate of drug-likeness (QED) is 0.506. The number of rotatable bonds is 4. The first-order valence-electron chi connectivity index (χ1n) is 11.3. The number of hydrogen-bond acceptors (Lipinski definition) is 2. The highest BCUT2D eigenvalue weighted by Gasteiger charge is 2.48. The van der Waals surface area contributed by atoms with Crippen LogP contribution in [0.25, 0.3) is 5.57 Å². The highest BCUT2D eigenvalue weighted by atomic mass is 32.2. The smallest absolute Gasteiger partial charge is 0.207 e. The Morgan fingerprint density at radius 3 is 1.88 bits per heavy atom. The van der Waals surface area contributed by atoms with Crippen molar-refractivity contribution in [3.8, 4) is 0 Å². The normalized spacial score (nSPS) is 23.2. The summed E-state index contributed by atoms with van der Waals surface area (Å²) in [6.45, 7) is 6.73. The van der Waals surface area contributed by atoms with Crippen molar-refractivity contribution in [1.82, 2.24) is 4.31 Å². The molecule has 0 saturated carbocycles. The first-order chi connectivity index (χ1) is 15.3. The molecule has 3 nitrogen and oxygen atoms in total. The van der Waals surface area contributed by atoms with Crippen molar-refractivity contribution in [3.63, 3.8) is 0 Å². The van der Waals surface area contributed by atoms with Crippen LogP contribution in [-0.4, -0.2) is 25.3 Å². The Kier molecular flexibility index (Phi) is 5.31. The summed E-state index contributed by atoms with van der Waals surface area (Å²) in [5.41, 5.74) is 7.22. The van der Waals surface area contributed by atoms with Gasteiger partial charge in [-0.15, -0.1) is 0 Å². The maximum absolute atomic E-state index is 13.6. The van der Waals surface area contributed by atoms with E-state index in [1.54, 1.807) is 16.4 Å². The first kappa shape index (κ1) is 21.2. The molecule has 0 bridgehead atoms. The van der Waals surface area contributed by atoms with Gasteiger partial charge in [0.1, 0.15) is 0 Å². The molecule has 1 fully saturated rings. The zero-order valence-electron chi connectivity index (χ0n) is 18.8. The molecular formula is C28H29NO2S. The topological polar surface area (TPSA) is 37.4 Å². The van der Waals surface area contributed by atoms with Gasteiger partial charge in [0.15, 0.2) is 0 Å². The highest BCUT2D eigenvalue weighted by Crippen LogP contribution is 2.52. The maximum Gasteiger partial charge on any atom is 0.243 e. The molecule has 1 saturated heterocycles. The van der Waals surface area contributed by atoms with Gasteiger partial charge in [-0.2, -0.15) is 4.31 Å². The van der Waals surface area contributed by atoms with Gasteiger partial charge in [0.2, 0.25) is 10.0 Å². The Morgan fingerprint density at radius 2 is 1.28 bits per heavy atom. The Balaban J connectivity index is 1.58. The third kappa shape index (κ3) is 3.62. The van der Waals surface area contributed by atoms with Gasteiger partial charge >= 0.3 is 0 Å². The third-order valence-electron chi connectivity index (χ3n) is 7.02. The first-order valence-corrected chi connectivity index (χ1v) is 12.7. The molecule has 1 aliphatic carbocycles. The number of aryl methyl sites for hydroxylation is 3. The van der Waals surface area contributed by atoms with E-state index in [1.165, 1.54) is 27.8 Å². The summed E-state index contributed by atoms with van der Waals surface area (Å²) in [4.78, 5) is 0.382. The van der Waals surface area contributed by atoms with Crippen molar-refractivity contribution < 1.29 is 8.42 Å². The van der Waals surface area contributed by atoms with E-state index in [1.807, 2.05) is 19.1 Å². The van der Waals surface area contributed by atoms with E-state index in [4.69, 9.17) is 0 Å². The Morgan fingerprint density at radius 1 is 0.750 bits per heavy atom. The van der Waals surface area contributed by atoms with E-state index in [0.717, 1.165) is 12.0 Å². The van der Waals surface area contributed by atoms with Crippen LogP contribution in [0.4, 0.5) is 0 Å². The largest absolute Gasteiger partial charge is 0.243 e. The molecule has 2 aliphatic rings. The molecule has 3 atom stereocenters. The van der Waals surface area contributed by atoms with Crippen LogP contribution in [0, 0.1) is 26.7 Å². The lowest BCUT2D eigenvalue weighted by Gasteiger charge is -2.25. The average molecular weight is 444 g/mol. The van der Waals surface area contributed by atoms with E-state index in [2.05, 4.69) is 68.5 Å². The van der Waals surface area contributed by atoms with Crippen molar-refractivity contribution in [3.05, 3.63) is 107 Å². The van der Waals surface area contributed by atoms with E-state index in [9.17, 15) is 8.42 Å². The molecule has 0 unspecified atom stereocenters. The molecular weight excluding hydrogens is 414 g/mol. The van der Waals surface area contributed by atoms with E-state index < -0.39 is 10.0 Å². The summed E-state index contributed by atoms with van der Waals surface area (Å²) < 4.78 is 28.8. The monoisotopic (exact) mass is 443 g/mol. The van der Waals surface area contributed by atoms with E-state index >= 15 is 0 Å². The van der Waals surface area contributed by atoms with Gasteiger partial charge in [-0.3, -0.25) is 0 Å². The van der Waals surface area contributed by atoms with Crippen LogP contribution in [0.2, 0.25) is 0 Å². The number of sulfonamides is 1. The standard InChI is InChI=1S/C28H29NO2S/c1-19-4-10-22(11-5-19)26-18-27-25(28(26)23-12-6-20(2)7-13-23)16-17-29(27)32(30,31)24-14-8-21(3)9-15-24/h4-15,18,25,27-28H,16-17H2,1-3H3/t25-,27-,28+/m0/s1. The Hall–Kier alpha value is -2.69. The molecule has 32 heavy (non-hydrogen) atoms. The summed E-state index contributed by atoms with van der Waals surface area (Å²) in [5, 5.41) is 0. The fourth-order valence-corrected chi connectivity index (χ4v) is 6.88. The van der Waals surface area contributed by atoms with Crippen LogP contribution in [-0.2, 0) is 10.0 Å². The van der Waals surface area contributed by atoms with Crippen molar-refractivity contribution in [2.24, 2.45) is 5.92 Å². The van der Waals surface area contributed by atoms with Gasteiger partial charge in [0, 0.05) is 18.5 Å². The van der Waals surface area contributed by atoms with Gasteiger partial charge < -0.3 is 0 Å². The summed E-state index contributed by atoms with van der Waals surface area (Å²) >= 11 is 0. The molecule has 3 aromatic carbocycles. The fourth-order valence-electron chi connectivity index (χ4n) is 5.25. The predicted molar refractivity (Wildman–Crippen MR) is 130 cm³/mol. The van der Waals surface area contributed by atoms with Crippen LogP contribution >= 0.6 is 0 Å². The minimum atomic E-state index is -3.55. The van der Waals surface area contributed by atoms with Crippen molar-refractivity contribution in [2.45, 2.75) is 44.0 Å². The van der Waals surface area contributed by atoms with Gasteiger partial charge in [-0.05, 0) is 61.9 Å². The van der Waals surface area contributed by atoms with Crippen LogP contribution in [0.5, 0.6) is 0 Å². The van der Waals surface area contributed by atoms with Gasteiger partial charge in [0.25, 0.3) is 0 Å². The molecule has 4 heteroatoms. The SMILES string of the molecule is Cc1ccc(C2=C[C@H]3[C@H](CCN3S(=O)(=O)c3ccc(C)cc3)[C@H]2c2ccc(C)cc2)cc1. The molecule has 1 aliphatic heterocycles. The van der Waals surface area contributed by atoms with Crippen molar-refractivity contribution in [2.75, 3.05) is 6.54 Å². The second-order valence-corrected chi connectivity index (χ2v) is 11.1. The van der Waals surface area contributed by atoms with Crippen LogP contribution in [0.15, 0.2) is 83.8 Å². The Bertz CT molecular complexity index is 1260. The molecule has 0 amide bonds. The summed E-state index contributed by atoms with van der Waals surface area (Å²) in [5.74, 6) is 0.441. The lowest BCUT2D eigenvalue weighted by molar-refractivity contribution is 0.393. The molecule has 0 N–H and O–H groups in total. The zero-order valence-corrected chi connectivity index (χ0v) is 19.6. The molecule has 5 rings (SSSR count). The lowest BCUT2D eigenvalue weighted by Crippen LogP contribution is -2.35. The third-order valence-corrected chi connectivity index (χ3v) is 8.93. The molecule has 0 aromatic heterocycles. The lowest BCUT2D eigenvalue weighted by atomic mass is 9.80. The number of hydrogen-bond donors (Lipinski definition) is 0. The number of fused-ring (bicyclic) bond motifs is 1. The molecule has 164 valence electrons. The van der Waals surface area contributed by atoms with E-state index in [-0.39, 0.29) is 17.9 Å². The number of allylic oxidation sites excluding steroid dienone is 1. The average Bonchev–Trinajstić information content (AvgIpc) is 3.35. The van der Waals surface area contributed by atoms with Gasteiger partial charge in [-0.1, -0.05) is 83.4 Å². The highest BCUT2D eigenvalue weighted by molar-refractivity contribution is 7.89. The minimum Gasteiger partial charge on any atom is -0.207 e. The van der Waals surface area contributed by atoms with Crippen LogP contribution < -0.4 is 0 Å². The van der Waals surface area contributed by atoms with Crippen LogP contribution in [0.1, 0.15) is 40.2 Å². The Labute approximate surface area is 191 Å². The second-order valence-electron chi connectivity index (χ2n) is 9.25. The molecule has 0 spiro atoms. The van der Waals surface area contributed by atoms with E-state index in [0.29, 0.717) is 11.4 Å². The fraction of sp³-hybridized carbons (Fsp3) is 0.286. The zero-order chi connectivity index (χ0) is 22.5. The second kappa shape index (κ2) is 8.02. The van der Waals surface area contributed by atoms with Crippen molar-refractivity contribution in [1.29, 1.82) is 0 Å². The maximum atomic E-state index is 13.6. The molecule has 3 aromatic rings. The summed E-state index contributed by atoms with van der Waals surface area (Å²) in [7, 11) is -3.55. The number of nitrogens with zero attached hydrogens (tertiary/aromatic N) is 1. The van der Waals surface area contributed by atoms with Crippen LogP contribution in [0.3, 0.4) is 0 Å². The summed E-state index contributed by atoms with van der Waals surface area (Å²) in [6, 6.07) is 24.4. The minimum absolute atomic E-state index is 0.121.